The second kappa shape index (κ2) is 11.2. The number of carbonyl (C=O) groups excluding carboxylic acids is 1. The summed E-state index contributed by atoms with van der Waals surface area (Å²) in [6, 6.07) is 19.9. The van der Waals surface area contributed by atoms with Crippen LogP contribution in [-0.4, -0.2) is 40.8 Å². The molecule has 178 valence electrons. The number of nitrogens with one attached hydrogen (secondary N) is 1. The number of hydrogen-bond donors (Lipinski definition) is 1. The highest BCUT2D eigenvalue weighted by Gasteiger charge is 2.27. The largest absolute Gasteiger partial charge is 0.493 e. The molecule has 0 saturated carbocycles. The molecule has 0 aliphatic heterocycles. The van der Waals surface area contributed by atoms with Crippen molar-refractivity contribution in [1.29, 1.82) is 0 Å². The van der Waals surface area contributed by atoms with Gasteiger partial charge < -0.3 is 9.47 Å². The average molecular weight is 546 g/mol. The van der Waals surface area contributed by atoms with Crippen LogP contribution in [0.25, 0.3) is 0 Å². The maximum atomic E-state index is 13.3. The summed E-state index contributed by atoms with van der Waals surface area (Å²) in [4.78, 5) is 12.8. The molecule has 0 aliphatic carbocycles. The molecule has 3 aromatic carbocycles. The van der Waals surface area contributed by atoms with Crippen LogP contribution in [0.5, 0.6) is 11.5 Å². The normalized spacial score (nSPS) is 11.6. The van der Waals surface area contributed by atoms with Crippen LogP contribution in [0, 0.1) is 0 Å². The van der Waals surface area contributed by atoms with Crippen molar-refractivity contribution < 1.29 is 22.7 Å². The maximum absolute atomic E-state index is 13.3. The van der Waals surface area contributed by atoms with E-state index in [-0.39, 0.29) is 4.90 Å². The number of amides is 1. The number of methoxy groups -OCH3 is 2. The number of sulfonamides is 1. The highest BCUT2D eigenvalue weighted by Crippen LogP contribution is 2.28. The van der Waals surface area contributed by atoms with Crippen LogP contribution in [0.3, 0.4) is 0 Å². The van der Waals surface area contributed by atoms with Crippen molar-refractivity contribution in [3.8, 4) is 11.5 Å². The van der Waals surface area contributed by atoms with E-state index in [0.717, 1.165) is 4.31 Å². The van der Waals surface area contributed by atoms with Crippen LogP contribution in [0.4, 0.5) is 5.69 Å². The van der Waals surface area contributed by atoms with Crippen LogP contribution in [0.15, 0.2) is 87.3 Å². The van der Waals surface area contributed by atoms with E-state index < -0.39 is 22.5 Å². The molecule has 0 atom stereocenters. The summed E-state index contributed by atoms with van der Waals surface area (Å²) >= 11 is 3.35. The first-order chi connectivity index (χ1) is 16.3. The minimum absolute atomic E-state index is 0.0767. The van der Waals surface area contributed by atoms with Gasteiger partial charge in [-0.25, -0.2) is 13.8 Å². The molecule has 3 rings (SSSR count). The minimum Gasteiger partial charge on any atom is -0.493 e. The van der Waals surface area contributed by atoms with E-state index >= 15 is 0 Å². The second-order valence-electron chi connectivity index (χ2n) is 7.11. The van der Waals surface area contributed by atoms with Gasteiger partial charge in [-0.15, -0.1) is 0 Å². The number of rotatable bonds is 9. The summed E-state index contributed by atoms with van der Waals surface area (Å²) in [5.74, 6) is 0.494. The van der Waals surface area contributed by atoms with Crippen LogP contribution in [-0.2, 0) is 14.8 Å². The summed E-state index contributed by atoms with van der Waals surface area (Å²) in [5, 5.41) is 4.13. The Balaban J connectivity index is 1.85. The molecular formula is C24H24BrN3O5S. The SMILES string of the molecule is COc1ccc(/C(C)=N\NC(=O)CN(c2cccc(Br)c2)S(=O)(=O)c2ccccc2)cc1OC. The Kier molecular flexibility index (Phi) is 8.30. The lowest BCUT2D eigenvalue weighted by Gasteiger charge is -2.24. The minimum atomic E-state index is -4.00. The molecule has 0 unspecified atom stereocenters. The van der Waals surface area contributed by atoms with Gasteiger partial charge in [0.25, 0.3) is 15.9 Å². The van der Waals surface area contributed by atoms with Crippen molar-refractivity contribution in [3.05, 3.63) is 82.8 Å². The lowest BCUT2D eigenvalue weighted by molar-refractivity contribution is -0.119. The summed E-state index contributed by atoms with van der Waals surface area (Å²) in [6.45, 7) is 1.25. The van der Waals surface area contributed by atoms with Crippen molar-refractivity contribution in [1.82, 2.24) is 5.43 Å². The number of hydrogen-bond acceptors (Lipinski definition) is 6. The van der Waals surface area contributed by atoms with Crippen LogP contribution >= 0.6 is 15.9 Å². The zero-order chi connectivity index (χ0) is 24.7. The number of hydrazone groups is 1. The van der Waals surface area contributed by atoms with Crippen molar-refractivity contribution in [3.63, 3.8) is 0 Å². The third-order valence-corrected chi connectivity index (χ3v) is 7.15. The van der Waals surface area contributed by atoms with Gasteiger partial charge in [0.2, 0.25) is 0 Å². The van der Waals surface area contributed by atoms with E-state index in [1.807, 2.05) is 0 Å². The van der Waals surface area contributed by atoms with Crippen molar-refractivity contribution in [2.75, 3.05) is 25.1 Å². The molecule has 0 bridgehead atoms. The number of halogens is 1. The van der Waals surface area contributed by atoms with Crippen LogP contribution in [0.1, 0.15) is 12.5 Å². The molecule has 8 nitrogen and oxygen atoms in total. The first-order valence-corrected chi connectivity index (χ1v) is 12.4. The zero-order valence-corrected chi connectivity index (χ0v) is 21.3. The molecule has 0 aliphatic rings. The third-order valence-electron chi connectivity index (χ3n) is 4.86. The molecule has 3 aromatic rings. The number of anilines is 1. The Morgan fingerprint density at radius 1 is 0.971 bits per heavy atom. The van der Waals surface area contributed by atoms with Gasteiger partial charge in [0.05, 0.1) is 30.5 Å². The molecule has 0 spiro atoms. The molecule has 0 aromatic heterocycles. The Bertz CT molecular complexity index is 1300. The second-order valence-corrected chi connectivity index (χ2v) is 9.88. The van der Waals surface area contributed by atoms with E-state index in [2.05, 4.69) is 26.5 Å². The van der Waals surface area contributed by atoms with Gasteiger partial charge in [-0.2, -0.15) is 5.10 Å². The molecule has 10 heteroatoms. The van der Waals surface area contributed by atoms with Crippen molar-refractivity contribution in [2.24, 2.45) is 5.10 Å². The fraction of sp³-hybridized carbons (Fsp3) is 0.167. The Morgan fingerprint density at radius 2 is 1.68 bits per heavy atom. The fourth-order valence-corrected chi connectivity index (χ4v) is 4.92. The van der Waals surface area contributed by atoms with Gasteiger partial charge >= 0.3 is 0 Å². The molecule has 1 N–H and O–H groups in total. The Hall–Kier alpha value is -3.37. The highest BCUT2D eigenvalue weighted by molar-refractivity contribution is 9.10. The average Bonchev–Trinajstić information content (AvgIpc) is 2.85. The molecule has 1 amide bonds. The molecule has 34 heavy (non-hydrogen) atoms. The van der Waals surface area contributed by atoms with Gasteiger partial charge in [0, 0.05) is 10.0 Å². The quantitative estimate of drug-likeness (QED) is 0.321. The van der Waals surface area contributed by atoms with E-state index in [9.17, 15) is 13.2 Å². The fourth-order valence-electron chi connectivity index (χ4n) is 3.10. The van der Waals surface area contributed by atoms with E-state index in [1.54, 1.807) is 74.7 Å². The Labute approximate surface area is 207 Å². The number of benzene rings is 3. The van der Waals surface area contributed by atoms with Gasteiger partial charge in [-0.05, 0) is 55.5 Å². The predicted molar refractivity (Wildman–Crippen MR) is 135 cm³/mol. The molecule has 0 heterocycles. The maximum Gasteiger partial charge on any atom is 0.264 e. The van der Waals surface area contributed by atoms with E-state index in [1.165, 1.54) is 19.2 Å². The zero-order valence-electron chi connectivity index (χ0n) is 18.9. The molecule has 0 radical (unpaired) electrons. The lowest BCUT2D eigenvalue weighted by atomic mass is 10.1. The standard InChI is InChI=1S/C24H24BrN3O5S/c1-17(18-12-13-22(32-2)23(14-18)33-3)26-27-24(29)16-28(20-9-7-8-19(25)15-20)34(30,31)21-10-5-4-6-11-21/h4-15H,16H2,1-3H3,(H,27,29)/b26-17-. The van der Waals surface area contributed by atoms with Crippen LogP contribution < -0.4 is 19.2 Å². The predicted octanol–water partition coefficient (Wildman–Crippen LogP) is 4.20. The van der Waals surface area contributed by atoms with Gasteiger partial charge in [-0.1, -0.05) is 40.2 Å². The third kappa shape index (κ3) is 5.95. The smallest absolute Gasteiger partial charge is 0.264 e. The molecular weight excluding hydrogens is 522 g/mol. The number of carbonyl (C=O) groups is 1. The van der Waals surface area contributed by atoms with Crippen molar-refractivity contribution in [2.45, 2.75) is 11.8 Å². The lowest BCUT2D eigenvalue weighted by Crippen LogP contribution is -2.39. The highest BCUT2D eigenvalue weighted by atomic mass is 79.9. The van der Waals surface area contributed by atoms with E-state index in [4.69, 9.17) is 9.47 Å². The summed E-state index contributed by atoms with van der Waals surface area (Å²) in [5.41, 5.74) is 4.00. The number of ether oxygens (including phenoxy) is 2. The topological polar surface area (TPSA) is 97.3 Å². The first kappa shape index (κ1) is 25.3. The monoisotopic (exact) mass is 545 g/mol. The summed E-state index contributed by atoms with van der Waals surface area (Å²) in [6.07, 6.45) is 0. The first-order valence-electron chi connectivity index (χ1n) is 10.1. The van der Waals surface area contributed by atoms with E-state index in [0.29, 0.717) is 32.9 Å². The molecule has 0 fully saturated rings. The van der Waals surface area contributed by atoms with Gasteiger partial charge in [0.1, 0.15) is 6.54 Å². The van der Waals surface area contributed by atoms with Gasteiger partial charge in [-0.3, -0.25) is 9.10 Å². The van der Waals surface area contributed by atoms with Gasteiger partial charge in [0.15, 0.2) is 11.5 Å². The molecule has 0 saturated heterocycles. The van der Waals surface area contributed by atoms with Crippen LogP contribution in [0.2, 0.25) is 0 Å². The summed E-state index contributed by atoms with van der Waals surface area (Å²) < 4.78 is 38.9. The Morgan fingerprint density at radius 3 is 2.32 bits per heavy atom. The summed E-state index contributed by atoms with van der Waals surface area (Å²) in [7, 11) is -0.932. The van der Waals surface area contributed by atoms with Crippen molar-refractivity contribution >= 4 is 43.3 Å². The number of nitrogens with zero attached hydrogens (tertiary/aromatic N) is 2.